The van der Waals surface area contributed by atoms with E-state index in [1.54, 1.807) is 26.6 Å². The lowest BCUT2D eigenvalue weighted by Gasteiger charge is -2.13. The molecule has 1 amide bonds. The molecule has 0 aliphatic rings. The SMILES string of the molecule is COc1ccc(-c2cc(C(=O)Nc3ccc(Sc4nncn4C)cc3)c3ccccc3n2)cc1OC. The van der Waals surface area contributed by atoms with Gasteiger partial charge in [-0.2, -0.15) is 0 Å². The summed E-state index contributed by atoms with van der Waals surface area (Å²) in [5.74, 6) is 1.00. The fourth-order valence-corrected chi connectivity index (χ4v) is 4.54. The second-order valence-corrected chi connectivity index (χ2v) is 8.99. The largest absolute Gasteiger partial charge is 0.493 e. The maximum absolute atomic E-state index is 13.4. The Kier molecular flexibility index (Phi) is 6.55. The number of nitrogens with one attached hydrogen (secondary N) is 1. The first-order chi connectivity index (χ1) is 17.6. The molecule has 0 bridgehead atoms. The Morgan fingerprint density at radius 3 is 2.44 bits per heavy atom. The Hall–Kier alpha value is -4.37. The van der Waals surface area contributed by atoms with Crippen molar-refractivity contribution in [1.29, 1.82) is 0 Å². The topological polar surface area (TPSA) is 91.2 Å². The molecule has 0 radical (unpaired) electrons. The van der Waals surface area contributed by atoms with Gasteiger partial charge in [-0.3, -0.25) is 4.79 Å². The van der Waals surface area contributed by atoms with Crippen molar-refractivity contribution in [2.24, 2.45) is 7.05 Å². The number of aromatic nitrogens is 4. The van der Waals surface area contributed by atoms with E-state index < -0.39 is 0 Å². The van der Waals surface area contributed by atoms with E-state index in [1.807, 2.05) is 78.3 Å². The second kappa shape index (κ2) is 10.1. The summed E-state index contributed by atoms with van der Waals surface area (Å²) in [5.41, 5.74) is 3.43. The van der Waals surface area contributed by atoms with Crippen LogP contribution in [-0.4, -0.2) is 39.9 Å². The molecule has 8 nitrogen and oxygen atoms in total. The van der Waals surface area contributed by atoms with E-state index in [9.17, 15) is 4.79 Å². The molecule has 5 rings (SSSR count). The van der Waals surface area contributed by atoms with Crippen LogP contribution in [0.15, 0.2) is 89.2 Å². The second-order valence-electron chi connectivity index (χ2n) is 7.95. The number of benzene rings is 3. The molecule has 0 unspecified atom stereocenters. The van der Waals surface area contributed by atoms with Crippen LogP contribution in [0.2, 0.25) is 0 Å². The Bertz CT molecular complexity index is 1550. The average Bonchev–Trinajstić information content (AvgIpc) is 3.32. The van der Waals surface area contributed by atoms with Crippen LogP contribution in [0.25, 0.3) is 22.2 Å². The number of carbonyl (C=O) groups is 1. The fourth-order valence-electron chi connectivity index (χ4n) is 3.78. The van der Waals surface area contributed by atoms with Crippen molar-refractivity contribution in [1.82, 2.24) is 19.7 Å². The highest BCUT2D eigenvalue weighted by Crippen LogP contribution is 2.33. The summed E-state index contributed by atoms with van der Waals surface area (Å²) in [4.78, 5) is 19.2. The number of nitrogens with zero attached hydrogens (tertiary/aromatic N) is 4. The lowest BCUT2D eigenvalue weighted by Crippen LogP contribution is -2.13. The minimum atomic E-state index is -0.218. The van der Waals surface area contributed by atoms with Crippen molar-refractivity contribution in [2.75, 3.05) is 19.5 Å². The number of anilines is 1. The maximum atomic E-state index is 13.4. The quantitative estimate of drug-likeness (QED) is 0.320. The van der Waals surface area contributed by atoms with Gasteiger partial charge in [-0.1, -0.05) is 18.2 Å². The molecule has 5 aromatic rings. The van der Waals surface area contributed by atoms with Gasteiger partial charge in [0.15, 0.2) is 16.7 Å². The molecular weight excluding hydrogens is 474 g/mol. The minimum Gasteiger partial charge on any atom is -0.493 e. The predicted molar refractivity (Wildman–Crippen MR) is 140 cm³/mol. The van der Waals surface area contributed by atoms with Gasteiger partial charge in [0, 0.05) is 28.6 Å². The third-order valence-corrected chi connectivity index (χ3v) is 6.69. The van der Waals surface area contributed by atoms with Gasteiger partial charge >= 0.3 is 0 Å². The number of hydrogen-bond acceptors (Lipinski definition) is 7. The van der Waals surface area contributed by atoms with Gasteiger partial charge < -0.3 is 19.4 Å². The summed E-state index contributed by atoms with van der Waals surface area (Å²) in [6.45, 7) is 0. The zero-order valence-corrected chi connectivity index (χ0v) is 20.7. The van der Waals surface area contributed by atoms with Crippen molar-refractivity contribution in [3.8, 4) is 22.8 Å². The van der Waals surface area contributed by atoms with Gasteiger partial charge in [-0.15, -0.1) is 10.2 Å². The number of pyridine rings is 1. The molecule has 0 saturated heterocycles. The van der Waals surface area contributed by atoms with E-state index in [0.717, 1.165) is 26.5 Å². The molecule has 2 aromatic heterocycles. The molecule has 0 atom stereocenters. The molecular formula is C27H23N5O3S. The van der Waals surface area contributed by atoms with E-state index >= 15 is 0 Å². The summed E-state index contributed by atoms with van der Waals surface area (Å²) < 4.78 is 12.7. The van der Waals surface area contributed by atoms with Crippen LogP contribution in [0.1, 0.15) is 10.4 Å². The van der Waals surface area contributed by atoms with Crippen LogP contribution in [0, 0.1) is 0 Å². The summed E-state index contributed by atoms with van der Waals surface area (Å²) in [6, 6.07) is 22.6. The molecule has 0 saturated carbocycles. The number of para-hydroxylation sites is 1. The number of carbonyl (C=O) groups excluding carboxylic acids is 1. The van der Waals surface area contributed by atoms with Crippen LogP contribution in [0.3, 0.4) is 0 Å². The third-order valence-electron chi connectivity index (χ3n) is 5.63. The molecule has 180 valence electrons. The van der Waals surface area contributed by atoms with Gasteiger partial charge in [-0.25, -0.2) is 4.98 Å². The maximum Gasteiger partial charge on any atom is 0.256 e. The van der Waals surface area contributed by atoms with Crippen molar-refractivity contribution in [3.05, 3.63) is 84.7 Å². The highest BCUT2D eigenvalue weighted by molar-refractivity contribution is 7.99. The number of methoxy groups -OCH3 is 2. The number of aryl methyl sites for hydroxylation is 1. The molecule has 3 aromatic carbocycles. The summed E-state index contributed by atoms with van der Waals surface area (Å²) in [6.07, 6.45) is 1.66. The van der Waals surface area contributed by atoms with Crippen LogP contribution < -0.4 is 14.8 Å². The van der Waals surface area contributed by atoms with Gasteiger partial charge in [0.2, 0.25) is 0 Å². The van der Waals surface area contributed by atoms with Crippen molar-refractivity contribution in [3.63, 3.8) is 0 Å². The van der Waals surface area contributed by atoms with Gasteiger partial charge in [0.25, 0.3) is 5.91 Å². The van der Waals surface area contributed by atoms with E-state index in [2.05, 4.69) is 15.5 Å². The molecule has 0 fully saturated rings. The lowest BCUT2D eigenvalue weighted by atomic mass is 10.0. The molecule has 0 aliphatic heterocycles. The Morgan fingerprint density at radius 2 is 1.72 bits per heavy atom. The van der Waals surface area contributed by atoms with Gasteiger partial charge in [0.05, 0.1) is 31.0 Å². The Morgan fingerprint density at radius 1 is 0.944 bits per heavy atom. The van der Waals surface area contributed by atoms with E-state index in [-0.39, 0.29) is 5.91 Å². The molecule has 1 N–H and O–H groups in total. The summed E-state index contributed by atoms with van der Waals surface area (Å²) in [7, 11) is 5.08. The first-order valence-electron chi connectivity index (χ1n) is 11.1. The normalized spacial score (nSPS) is 10.9. The number of amides is 1. The monoisotopic (exact) mass is 497 g/mol. The van der Waals surface area contributed by atoms with E-state index in [1.165, 1.54) is 11.8 Å². The van der Waals surface area contributed by atoms with Crippen LogP contribution in [-0.2, 0) is 7.05 Å². The predicted octanol–water partition coefficient (Wildman–Crippen LogP) is 5.45. The highest BCUT2D eigenvalue weighted by atomic mass is 32.2. The highest BCUT2D eigenvalue weighted by Gasteiger charge is 2.16. The van der Waals surface area contributed by atoms with Crippen LogP contribution in [0.5, 0.6) is 11.5 Å². The third kappa shape index (κ3) is 4.73. The number of rotatable bonds is 7. The number of ether oxygens (including phenoxy) is 2. The molecule has 9 heteroatoms. The van der Waals surface area contributed by atoms with E-state index in [4.69, 9.17) is 14.5 Å². The molecule has 0 aliphatic carbocycles. The van der Waals surface area contributed by atoms with Crippen molar-refractivity contribution < 1.29 is 14.3 Å². The first kappa shape index (κ1) is 23.4. The standard InChI is InChI=1S/C27H23N5O3S/c1-32-16-28-31-27(32)36-19-11-9-18(10-12-19)29-26(33)21-15-23(30-22-7-5-4-6-20(21)22)17-8-13-24(34-2)25(14-17)35-3/h4-16H,1-3H3,(H,29,33). The fraction of sp³-hybridized carbons (Fsp3) is 0.111. The van der Waals surface area contributed by atoms with E-state index in [0.29, 0.717) is 28.4 Å². The zero-order valence-electron chi connectivity index (χ0n) is 19.9. The van der Waals surface area contributed by atoms with Gasteiger partial charge in [0.1, 0.15) is 6.33 Å². The first-order valence-corrected chi connectivity index (χ1v) is 11.9. The summed E-state index contributed by atoms with van der Waals surface area (Å²) >= 11 is 1.50. The van der Waals surface area contributed by atoms with Gasteiger partial charge in [-0.05, 0) is 66.4 Å². The Labute approximate surface area is 212 Å². The summed E-state index contributed by atoms with van der Waals surface area (Å²) in [5, 5.41) is 12.6. The van der Waals surface area contributed by atoms with Crippen LogP contribution >= 0.6 is 11.8 Å². The zero-order chi connectivity index (χ0) is 25.1. The minimum absolute atomic E-state index is 0.218. The van der Waals surface area contributed by atoms with Crippen molar-refractivity contribution >= 4 is 34.3 Å². The molecule has 36 heavy (non-hydrogen) atoms. The van der Waals surface area contributed by atoms with Crippen molar-refractivity contribution in [2.45, 2.75) is 10.1 Å². The molecule has 0 spiro atoms. The lowest BCUT2D eigenvalue weighted by molar-refractivity contribution is 0.102. The molecule has 2 heterocycles. The Balaban J connectivity index is 1.45. The van der Waals surface area contributed by atoms with Crippen LogP contribution in [0.4, 0.5) is 5.69 Å². The number of hydrogen-bond donors (Lipinski definition) is 1. The average molecular weight is 498 g/mol. The number of fused-ring (bicyclic) bond motifs is 1. The smallest absolute Gasteiger partial charge is 0.256 e.